The average Bonchev–Trinajstić information content (AvgIpc) is 2.87. The van der Waals surface area contributed by atoms with Gasteiger partial charge in [-0.25, -0.2) is 4.98 Å². The predicted molar refractivity (Wildman–Crippen MR) is 87.1 cm³/mol. The van der Waals surface area contributed by atoms with Crippen LogP contribution in [0.15, 0.2) is 18.2 Å². The Morgan fingerprint density at radius 3 is 2.85 bits per heavy atom. The molecule has 0 bridgehead atoms. The van der Waals surface area contributed by atoms with E-state index in [1.807, 2.05) is 18.2 Å². The van der Waals surface area contributed by atoms with Crippen LogP contribution in [0.1, 0.15) is 20.3 Å². The highest BCUT2D eigenvalue weighted by Crippen LogP contribution is 2.28. The van der Waals surface area contributed by atoms with Crippen molar-refractivity contribution in [3.05, 3.63) is 18.2 Å². The van der Waals surface area contributed by atoms with E-state index in [0.29, 0.717) is 0 Å². The molecule has 0 atom stereocenters. The van der Waals surface area contributed by atoms with Crippen LogP contribution in [0.4, 0.5) is 5.13 Å². The minimum Gasteiger partial charge on any atom is -0.497 e. The van der Waals surface area contributed by atoms with E-state index >= 15 is 0 Å². The SMILES string of the molecule is CCCN(CC)CCNc1nc2ccc(OC)cc2s1. The lowest BCUT2D eigenvalue weighted by atomic mass is 10.3. The van der Waals surface area contributed by atoms with Gasteiger partial charge >= 0.3 is 0 Å². The summed E-state index contributed by atoms with van der Waals surface area (Å²) in [6, 6.07) is 5.99. The molecule has 20 heavy (non-hydrogen) atoms. The smallest absolute Gasteiger partial charge is 0.183 e. The van der Waals surface area contributed by atoms with Crippen molar-refractivity contribution in [1.82, 2.24) is 9.88 Å². The molecule has 1 heterocycles. The average molecular weight is 293 g/mol. The number of nitrogens with one attached hydrogen (secondary N) is 1. The van der Waals surface area contributed by atoms with Gasteiger partial charge < -0.3 is 15.0 Å². The number of ether oxygens (including phenoxy) is 1. The molecule has 110 valence electrons. The van der Waals surface area contributed by atoms with Gasteiger partial charge in [-0.15, -0.1) is 0 Å². The zero-order valence-electron chi connectivity index (χ0n) is 12.5. The molecule has 0 saturated carbocycles. The summed E-state index contributed by atoms with van der Waals surface area (Å²) in [5, 5.41) is 4.41. The second-order valence-electron chi connectivity index (χ2n) is 4.71. The second kappa shape index (κ2) is 7.45. The lowest BCUT2D eigenvalue weighted by molar-refractivity contribution is 0.300. The number of benzene rings is 1. The van der Waals surface area contributed by atoms with Crippen molar-refractivity contribution >= 4 is 26.7 Å². The first-order chi connectivity index (χ1) is 9.76. The van der Waals surface area contributed by atoms with Crippen molar-refractivity contribution in [2.75, 3.05) is 38.6 Å². The number of aromatic nitrogens is 1. The van der Waals surface area contributed by atoms with Crippen LogP contribution in [0.2, 0.25) is 0 Å². The molecule has 0 saturated heterocycles. The van der Waals surface area contributed by atoms with Gasteiger partial charge in [0.15, 0.2) is 5.13 Å². The van der Waals surface area contributed by atoms with Crippen molar-refractivity contribution in [3.63, 3.8) is 0 Å². The molecule has 2 aromatic rings. The Morgan fingerprint density at radius 2 is 2.15 bits per heavy atom. The monoisotopic (exact) mass is 293 g/mol. The number of anilines is 1. The van der Waals surface area contributed by atoms with Crippen LogP contribution < -0.4 is 10.1 Å². The predicted octanol–water partition coefficient (Wildman–Crippen LogP) is 3.45. The molecule has 0 radical (unpaired) electrons. The molecule has 0 fully saturated rings. The van der Waals surface area contributed by atoms with E-state index in [2.05, 4.69) is 29.0 Å². The van der Waals surface area contributed by atoms with Crippen molar-refractivity contribution in [2.45, 2.75) is 20.3 Å². The molecule has 0 amide bonds. The molecular weight excluding hydrogens is 270 g/mol. The van der Waals surface area contributed by atoms with Crippen LogP contribution in [-0.4, -0.2) is 43.2 Å². The molecule has 5 heteroatoms. The number of hydrogen-bond acceptors (Lipinski definition) is 5. The maximum Gasteiger partial charge on any atom is 0.183 e. The summed E-state index contributed by atoms with van der Waals surface area (Å²) in [5.41, 5.74) is 1.03. The van der Waals surface area contributed by atoms with Gasteiger partial charge in [0.1, 0.15) is 5.75 Å². The van der Waals surface area contributed by atoms with Gasteiger partial charge in [-0.1, -0.05) is 25.2 Å². The van der Waals surface area contributed by atoms with Crippen LogP contribution in [0.3, 0.4) is 0 Å². The first kappa shape index (κ1) is 15.1. The topological polar surface area (TPSA) is 37.4 Å². The molecule has 0 unspecified atom stereocenters. The molecule has 2 rings (SSSR count). The number of likely N-dealkylation sites (N-methyl/N-ethyl adjacent to an activating group) is 1. The maximum atomic E-state index is 5.24. The normalized spacial score (nSPS) is 11.2. The minimum atomic E-state index is 0.882. The van der Waals surface area contributed by atoms with Gasteiger partial charge in [-0.05, 0) is 37.7 Å². The molecule has 1 aromatic heterocycles. The molecule has 0 aliphatic carbocycles. The van der Waals surface area contributed by atoms with Gasteiger partial charge in [0.05, 0.1) is 17.3 Å². The number of thiazole rings is 1. The number of rotatable bonds is 8. The van der Waals surface area contributed by atoms with E-state index in [9.17, 15) is 0 Å². The Morgan fingerprint density at radius 1 is 1.30 bits per heavy atom. The standard InChI is InChI=1S/C15H23N3OS/c1-4-9-18(5-2)10-8-16-15-17-13-7-6-12(19-3)11-14(13)20-15/h6-7,11H,4-5,8-10H2,1-3H3,(H,16,17). The van der Waals surface area contributed by atoms with Gasteiger partial charge in [0, 0.05) is 13.1 Å². The molecule has 1 N–H and O–H groups in total. The zero-order chi connectivity index (χ0) is 14.4. The Labute approximate surface area is 124 Å². The van der Waals surface area contributed by atoms with Gasteiger partial charge in [0.25, 0.3) is 0 Å². The largest absolute Gasteiger partial charge is 0.497 e. The summed E-state index contributed by atoms with van der Waals surface area (Å²) >= 11 is 1.68. The number of methoxy groups -OCH3 is 1. The zero-order valence-corrected chi connectivity index (χ0v) is 13.3. The van der Waals surface area contributed by atoms with Crippen molar-refractivity contribution in [2.24, 2.45) is 0 Å². The summed E-state index contributed by atoms with van der Waals surface area (Å²) in [6.07, 6.45) is 1.20. The lowest BCUT2D eigenvalue weighted by Crippen LogP contribution is -2.29. The highest BCUT2D eigenvalue weighted by Gasteiger charge is 2.05. The van der Waals surface area contributed by atoms with E-state index in [4.69, 9.17) is 4.74 Å². The molecule has 4 nitrogen and oxygen atoms in total. The maximum absolute atomic E-state index is 5.24. The summed E-state index contributed by atoms with van der Waals surface area (Å²) in [6.45, 7) is 8.69. The fourth-order valence-electron chi connectivity index (χ4n) is 2.17. The highest BCUT2D eigenvalue weighted by molar-refractivity contribution is 7.22. The van der Waals surface area contributed by atoms with E-state index in [-0.39, 0.29) is 0 Å². The first-order valence-electron chi connectivity index (χ1n) is 7.17. The van der Waals surface area contributed by atoms with Crippen LogP contribution in [-0.2, 0) is 0 Å². The summed E-state index contributed by atoms with van der Waals surface area (Å²) in [7, 11) is 1.69. The number of fused-ring (bicyclic) bond motifs is 1. The molecule has 0 spiro atoms. The third-order valence-corrected chi connectivity index (χ3v) is 4.26. The number of nitrogens with zero attached hydrogens (tertiary/aromatic N) is 2. The fourth-order valence-corrected chi connectivity index (χ4v) is 3.09. The van der Waals surface area contributed by atoms with Crippen molar-refractivity contribution in [3.8, 4) is 5.75 Å². The Balaban J connectivity index is 1.93. The molecule has 0 aliphatic rings. The van der Waals surface area contributed by atoms with Crippen molar-refractivity contribution < 1.29 is 4.74 Å². The molecular formula is C15H23N3OS. The minimum absolute atomic E-state index is 0.882. The van der Waals surface area contributed by atoms with Crippen LogP contribution >= 0.6 is 11.3 Å². The lowest BCUT2D eigenvalue weighted by Gasteiger charge is -2.19. The molecule has 0 aliphatic heterocycles. The van der Waals surface area contributed by atoms with Crippen LogP contribution in [0, 0.1) is 0 Å². The Bertz CT molecular complexity index is 541. The summed E-state index contributed by atoms with van der Waals surface area (Å²) in [4.78, 5) is 7.04. The van der Waals surface area contributed by atoms with E-state index in [1.165, 1.54) is 6.42 Å². The van der Waals surface area contributed by atoms with Gasteiger partial charge in [0.2, 0.25) is 0 Å². The quantitative estimate of drug-likeness (QED) is 0.809. The Kier molecular flexibility index (Phi) is 5.61. The van der Waals surface area contributed by atoms with Crippen LogP contribution in [0.25, 0.3) is 10.2 Å². The summed E-state index contributed by atoms with van der Waals surface area (Å²) < 4.78 is 6.40. The van der Waals surface area contributed by atoms with Crippen molar-refractivity contribution in [1.29, 1.82) is 0 Å². The fraction of sp³-hybridized carbons (Fsp3) is 0.533. The first-order valence-corrected chi connectivity index (χ1v) is 7.99. The van der Waals surface area contributed by atoms with E-state index < -0.39 is 0 Å². The van der Waals surface area contributed by atoms with E-state index in [0.717, 1.165) is 47.3 Å². The van der Waals surface area contributed by atoms with Gasteiger partial charge in [-0.3, -0.25) is 0 Å². The highest BCUT2D eigenvalue weighted by atomic mass is 32.1. The third-order valence-electron chi connectivity index (χ3n) is 3.29. The summed E-state index contributed by atoms with van der Waals surface area (Å²) in [5.74, 6) is 0.882. The van der Waals surface area contributed by atoms with Crippen LogP contribution in [0.5, 0.6) is 5.75 Å². The third kappa shape index (κ3) is 3.84. The van der Waals surface area contributed by atoms with E-state index in [1.54, 1.807) is 18.4 Å². The Hall–Kier alpha value is -1.33. The van der Waals surface area contributed by atoms with Gasteiger partial charge in [-0.2, -0.15) is 0 Å². The second-order valence-corrected chi connectivity index (χ2v) is 5.74. The molecule has 1 aromatic carbocycles. The number of hydrogen-bond donors (Lipinski definition) is 1.